The van der Waals surface area contributed by atoms with E-state index in [-0.39, 0.29) is 11.4 Å². The van der Waals surface area contributed by atoms with Crippen molar-refractivity contribution in [2.45, 2.75) is 18.4 Å². The summed E-state index contributed by atoms with van der Waals surface area (Å²) in [6.45, 7) is 2.58. The van der Waals surface area contributed by atoms with Crippen LogP contribution in [0.1, 0.15) is 18.1 Å². The van der Waals surface area contributed by atoms with Gasteiger partial charge in [0.25, 0.3) is 5.91 Å². The van der Waals surface area contributed by atoms with Gasteiger partial charge in [-0.05, 0) is 79.2 Å². The molecule has 0 fully saturated rings. The maximum absolute atomic E-state index is 13.8. The largest absolute Gasteiger partial charge is 0.494 e. The zero-order chi connectivity index (χ0) is 28.7. The van der Waals surface area contributed by atoms with E-state index in [4.69, 9.17) is 9.84 Å². The molecule has 0 unspecified atom stereocenters. The molecule has 0 saturated heterocycles. The Hall–Kier alpha value is -5.02. The van der Waals surface area contributed by atoms with Crippen molar-refractivity contribution in [3.8, 4) is 22.7 Å². The minimum absolute atomic E-state index is 0.0170. The smallest absolute Gasteiger partial charge is 0.263 e. The first-order valence-electron chi connectivity index (χ1n) is 13.0. The third-order valence-corrected chi connectivity index (χ3v) is 8.03. The average molecular weight is 565 g/mol. The van der Waals surface area contributed by atoms with Crippen molar-refractivity contribution in [2.24, 2.45) is 0 Å². The minimum Gasteiger partial charge on any atom is -0.494 e. The molecule has 2 aromatic heterocycles. The second-order valence-electron chi connectivity index (χ2n) is 9.03. The summed E-state index contributed by atoms with van der Waals surface area (Å²) in [7, 11) is -4.19. The van der Waals surface area contributed by atoms with Gasteiger partial charge in [0, 0.05) is 36.3 Å². The van der Waals surface area contributed by atoms with Crippen LogP contribution in [-0.2, 0) is 21.2 Å². The van der Waals surface area contributed by atoms with E-state index in [0.29, 0.717) is 23.6 Å². The monoisotopic (exact) mass is 564 g/mol. The topological polar surface area (TPSA) is 103 Å². The van der Waals surface area contributed by atoms with Crippen molar-refractivity contribution in [1.82, 2.24) is 20.1 Å². The highest BCUT2D eigenvalue weighted by Crippen LogP contribution is 2.30. The van der Waals surface area contributed by atoms with E-state index in [1.54, 1.807) is 53.6 Å². The molecule has 0 atom stereocenters. The highest BCUT2D eigenvalue weighted by Gasteiger charge is 2.28. The number of carbonyl (C=O) groups is 1. The van der Waals surface area contributed by atoms with E-state index in [2.05, 4.69) is 10.3 Å². The van der Waals surface area contributed by atoms with Crippen LogP contribution in [0.15, 0.2) is 125 Å². The van der Waals surface area contributed by atoms with Crippen molar-refractivity contribution in [3.63, 3.8) is 0 Å². The van der Waals surface area contributed by atoms with Gasteiger partial charge in [0.15, 0.2) is 0 Å². The molecule has 0 radical (unpaired) electrons. The fourth-order valence-corrected chi connectivity index (χ4v) is 5.58. The molecule has 0 aliphatic heterocycles. The normalized spacial score (nSPS) is 11.7. The summed E-state index contributed by atoms with van der Waals surface area (Å²) in [5.41, 5.74) is 3.29. The SMILES string of the molecule is CCOc1ccc(-c2nn(-c3ccccc3)cc2/C=C(\C(=O)NCc2ccncc2)S(=O)(=O)c2ccccc2)cc1. The lowest BCUT2D eigenvalue weighted by molar-refractivity contribution is -0.116. The lowest BCUT2D eigenvalue weighted by Gasteiger charge is -2.11. The number of nitrogens with zero attached hydrogens (tertiary/aromatic N) is 3. The van der Waals surface area contributed by atoms with Gasteiger partial charge in [-0.15, -0.1) is 0 Å². The molecule has 0 aliphatic rings. The number of benzene rings is 3. The lowest BCUT2D eigenvalue weighted by Crippen LogP contribution is -2.28. The fourth-order valence-electron chi connectivity index (χ4n) is 4.21. The predicted molar refractivity (Wildman–Crippen MR) is 158 cm³/mol. The number of ether oxygens (including phenoxy) is 1. The number of amides is 1. The van der Waals surface area contributed by atoms with Crippen LogP contribution in [-0.4, -0.2) is 35.7 Å². The molecule has 0 aliphatic carbocycles. The lowest BCUT2D eigenvalue weighted by atomic mass is 10.1. The first-order valence-corrected chi connectivity index (χ1v) is 14.5. The first-order chi connectivity index (χ1) is 20.0. The van der Waals surface area contributed by atoms with Gasteiger partial charge in [0.2, 0.25) is 9.84 Å². The van der Waals surface area contributed by atoms with E-state index in [0.717, 1.165) is 16.8 Å². The summed E-state index contributed by atoms with van der Waals surface area (Å²) < 4.78 is 34.9. The van der Waals surface area contributed by atoms with Crippen molar-refractivity contribution in [3.05, 3.63) is 132 Å². The average Bonchev–Trinajstić information content (AvgIpc) is 3.44. The molecule has 41 heavy (non-hydrogen) atoms. The quantitative estimate of drug-likeness (QED) is 0.226. The third-order valence-electron chi connectivity index (χ3n) is 6.26. The Morgan fingerprint density at radius 2 is 1.56 bits per heavy atom. The number of aromatic nitrogens is 3. The van der Waals surface area contributed by atoms with Crippen molar-refractivity contribution in [1.29, 1.82) is 0 Å². The summed E-state index contributed by atoms with van der Waals surface area (Å²) in [5, 5.41) is 7.54. The highest BCUT2D eigenvalue weighted by molar-refractivity contribution is 7.96. The van der Waals surface area contributed by atoms with Gasteiger partial charge in [-0.2, -0.15) is 5.10 Å². The fraction of sp³-hybridized carbons (Fsp3) is 0.0938. The van der Waals surface area contributed by atoms with Crippen LogP contribution < -0.4 is 10.1 Å². The molecule has 206 valence electrons. The Kier molecular flexibility index (Phi) is 8.36. The van der Waals surface area contributed by atoms with Gasteiger partial charge in [-0.3, -0.25) is 9.78 Å². The first kappa shape index (κ1) is 27.5. The van der Waals surface area contributed by atoms with E-state index >= 15 is 0 Å². The van der Waals surface area contributed by atoms with Crippen LogP contribution in [0.25, 0.3) is 23.0 Å². The molecule has 0 spiro atoms. The van der Waals surface area contributed by atoms with Gasteiger partial charge in [0.05, 0.1) is 22.9 Å². The molecule has 1 N–H and O–H groups in total. The zero-order valence-electron chi connectivity index (χ0n) is 22.3. The van der Waals surface area contributed by atoms with E-state index in [1.807, 2.05) is 61.5 Å². The van der Waals surface area contributed by atoms with Crippen LogP contribution in [0.5, 0.6) is 5.75 Å². The summed E-state index contributed by atoms with van der Waals surface area (Å²) in [4.78, 5) is 17.2. The van der Waals surface area contributed by atoms with Gasteiger partial charge in [0.1, 0.15) is 10.7 Å². The summed E-state index contributed by atoms with van der Waals surface area (Å²) in [6, 6.07) is 28.3. The van der Waals surface area contributed by atoms with E-state index in [1.165, 1.54) is 18.2 Å². The van der Waals surface area contributed by atoms with Crippen LogP contribution in [0.2, 0.25) is 0 Å². The highest BCUT2D eigenvalue weighted by atomic mass is 32.2. The second kappa shape index (κ2) is 12.4. The number of pyridine rings is 1. The number of nitrogens with one attached hydrogen (secondary N) is 1. The number of rotatable bonds is 10. The molecule has 9 heteroatoms. The van der Waals surface area contributed by atoms with Gasteiger partial charge < -0.3 is 10.1 Å². The number of sulfone groups is 1. The summed E-state index contributed by atoms with van der Waals surface area (Å²) in [6.07, 6.45) is 6.33. The number of carbonyl (C=O) groups excluding carboxylic acids is 1. The number of para-hydroxylation sites is 1. The van der Waals surface area contributed by atoms with Crippen LogP contribution in [0.4, 0.5) is 0 Å². The predicted octanol–water partition coefficient (Wildman–Crippen LogP) is 5.46. The Balaban J connectivity index is 1.63. The Morgan fingerprint density at radius 3 is 2.22 bits per heavy atom. The van der Waals surface area contributed by atoms with Crippen molar-refractivity contribution >= 4 is 21.8 Å². The zero-order valence-corrected chi connectivity index (χ0v) is 23.2. The molecule has 1 amide bonds. The van der Waals surface area contributed by atoms with Crippen molar-refractivity contribution in [2.75, 3.05) is 6.61 Å². The Labute approximate surface area is 238 Å². The Morgan fingerprint density at radius 1 is 0.902 bits per heavy atom. The third kappa shape index (κ3) is 6.42. The molecule has 8 nitrogen and oxygen atoms in total. The van der Waals surface area contributed by atoms with Crippen LogP contribution >= 0.6 is 0 Å². The number of hydrogen-bond donors (Lipinski definition) is 1. The van der Waals surface area contributed by atoms with E-state index in [9.17, 15) is 13.2 Å². The Bertz CT molecular complexity index is 1750. The minimum atomic E-state index is -4.19. The molecular formula is C32H28N4O4S. The molecular weight excluding hydrogens is 536 g/mol. The maximum atomic E-state index is 13.8. The van der Waals surface area contributed by atoms with Crippen molar-refractivity contribution < 1.29 is 17.9 Å². The molecule has 0 bridgehead atoms. The maximum Gasteiger partial charge on any atom is 0.263 e. The molecule has 5 rings (SSSR count). The molecule has 0 saturated carbocycles. The summed E-state index contributed by atoms with van der Waals surface area (Å²) in [5.74, 6) is -0.0190. The van der Waals surface area contributed by atoms with Crippen LogP contribution in [0, 0.1) is 0 Å². The summed E-state index contributed by atoms with van der Waals surface area (Å²) >= 11 is 0. The molecule has 3 aromatic carbocycles. The van der Waals surface area contributed by atoms with E-state index < -0.39 is 20.6 Å². The molecule has 5 aromatic rings. The second-order valence-corrected chi connectivity index (χ2v) is 11.0. The molecule has 2 heterocycles. The van der Waals surface area contributed by atoms with Gasteiger partial charge >= 0.3 is 0 Å². The van der Waals surface area contributed by atoms with Gasteiger partial charge in [-0.1, -0.05) is 36.4 Å². The number of hydrogen-bond acceptors (Lipinski definition) is 6. The van der Waals surface area contributed by atoms with Gasteiger partial charge in [-0.25, -0.2) is 13.1 Å². The van der Waals surface area contributed by atoms with Crippen LogP contribution in [0.3, 0.4) is 0 Å². The standard InChI is InChI=1S/C32H28N4O4S/c1-2-40-28-15-13-25(14-16-28)31-26(23-36(35-31)27-9-5-3-6-10-27)21-30(41(38,39)29-11-7-4-8-12-29)32(37)34-22-24-17-19-33-20-18-24/h3-21,23H,2,22H2,1H3,(H,34,37)/b30-21+.